The average molecular weight is 387 g/mol. The SMILES string of the molecule is C=C(Nc1ccc(F)cc1)C1=c2cc(-c3cnn(C4CCNCC4)c3)ccc2=N1. The lowest BCUT2D eigenvalue weighted by Gasteiger charge is -2.22. The molecule has 2 aliphatic heterocycles. The Bertz CT molecular complexity index is 1190. The number of nitrogens with zero attached hydrogens (tertiary/aromatic N) is 3. The van der Waals surface area contributed by atoms with E-state index in [4.69, 9.17) is 0 Å². The number of fused-ring (bicyclic) bond motifs is 1. The van der Waals surface area contributed by atoms with Crippen LogP contribution in [-0.4, -0.2) is 22.9 Å². The van der Waals surface area contributed by atoms with Crippen LogP contribution in [0.1, 0.15) is 18.9 Å². The third kappa shape index (κ3) is 3.47. The van der Waals surface area contributed by atoms with Crippen molar-refractivity contribution in [2.75, 3.05) is 18.4 Å². The van der Waals surface area contributed by atoms with Gasteiger partial charge < -0.3 is 10.6 Å². The molecule has 1 aromatic heterocycles. The maximum absolute atomic E-state index is 13.1. The van der Waals surface area contributed by atoms with Crippen molar-refractivity contribution in [1.82, 2.24) is 15.1 Å². The molecule has 5 rings (SSSR count). The molecule has 6 heteroatoms. The molecule has 0 amide bonds. The summed E-state index contributed by atoms with van der Waals surface area (Å²) in [5.74, 6) is -0.262. The fourth-order valence-corrected chi connectivity index (χ4v) is 3.89. The molecule has 0 bridgehead atoms. The summed E-state index contributed by atoms with van der Waals surface area (Å²) in [6.07, 6.45) is 6.29. The molecule has 0 saturated carbocycles. The van der Waals surface area contributed by atoms with Gasteiger partial charge in [-0.1, -0.05) is 12.6 Å². The van der Waals surface area contributed by atoms with Gasteiger partial charge in [-0.05, 0) is 67.9 Å². The number of anilines is 1. The maximum Gasteiger partial charge on any atom is 0.123 e. The van der Waals surface area contributed by atoms with Gasteiger partial charge in [0.25, 0.3) is 0 Å². The molecule has 1 fully saturated rings. The first-order chi connectivity index (χ1) is 14.2. The lowest BCUT2D eigenvalue weighted by Crippen LogP contribution is -2.36. The molecule has 2 N–H and O–H groups in total. The molecule has 29 heavy (non-hydrogen) atoms. The number of benzene rings is 2. The average Bonchev–Trinajstić information content (AvgIpc) is 3.21. The number of piperidine rings is 1. The molecule has 146 valence electrons. The van der Waals surface area contributed by atoms with E-state index in [1.807, 2.05) is 12.3 Å². The quantitative estimate of drug-likeness (QED) is 0.708. The molecule has 0 atom stereocenters. The second-order valence-electron chi connectivity index (χ2n) is 7.49. The van der Waals surface area contributed by atoms with Crippen molar-refractivity contribution in [2.45, 2.75) is 18.9 Å². The van der Waals surface area contributed by atoms with Crippen molar-refractivity contribution < 1.29 is 4.39 Å². The van der Waals surface area contributed by atoms with Crippen LogP contribution < -0.4 is 21.2 Å². The van der Waals surface area contributed by atoms with Crippen molar-refractivity contribution in [2.24, 2.45) is 4.99 Å². The van der Waals surface area contributed by atoms with E-state index < -0.39 is 0 Å². The molecule has 0 aliphatic carbocycles. The minimum absolute atomic E-state index is 0.262. The Morgan fingerprint density at radius 3 is 2.69 bits per heavy atom. The smallest absolute Gasteiger partial charge is 0.123 e. The standard InChI is InChI=1S/C23H22FN5/c1-15(27-19-5-3-18(24)4-6-19)23-21-12-16(2-7-22(21)28-23)17-13-26-29(14-17)20-8-10-25-11-9-20/h2-7,12-14,20,25,27H,1,8-11H2. The Kier molecular flexibility index (Phi) is 4.48. The van der Waals surface area contributed by atoms with E-state index in [1.165, 1.54) is 12.1 Å². The van der Waals surface area contributed by atoms with Gasteiger partial charge in [-0.3, -0.25) is 4.68 Å². The third-order valence-corrected chi connectivity index (χ3v) is 5.53. The van der Waals surface area contributed by atoms with E-state index in [-0.39, 0.29) is 5.82 Å². The fraction of sp³-hybridized carbons (Fsp3) is 0.217. The number of halogens is 1. The summed E-state index contributed by atoms with van der Waals surface area (Å²) in [4.78, 5) is 4.56. The monoisotopic (exact) mass is 387 g/mol. The summed E-state index contributed by atoms with van der Waals surface area (Å²) >= 11 is 0. The number of aromatic nitrogens is 2. The van der Waals surface area contributed by atoms with Gasteiger partial charge in [-0.25, -0.2) is 9.38 Å². The Labute approximate surface area is 168 Å². The van der Waals surface area contributed by atoms with Crippen molar-refractivity contribution in [3.05, 3.63) is 83.5 Å². The van der Waals surface area contributed by atoms with Crippen LogP contribution in [-0.2, 0) is 0 Å². The maximum atomic E-state index is 13.1. The van der Waals surface area contributed by atoms with E-state index in [9.17, 15) is 4.39 Å². The summed E-state index contributed by atoms with van der Waals surface area (Å²) in [5, 5.41) is 13.2. The van der Waals surface area contributed by atoms with Crippen LogP contribution in [0.5, 0.6) is 0 Å². The minimum atomic E-state index is -0.262. The molecular weight excluding hydrogens is 365 g/mol. The van der Waals surface area contributed by atoms with Crippen molar-refractivity contribution >= 4 is 11.4 Å². The second-order valence-corrected chi connectivity index (χ2v) is 7.49. The number of hydrogen-bond acceptors (Lipinski definition) is 4. The zero-order chi connectivity index (χ0) is 19.8. The topological polar surface area (TPSA) is 54.2 Å². The summed E-state index contributed by atoms with van der Waals surface area (Å²) in [7, 11) is 0. The van der Waals surface area contributed by atoms with Gasteiger partial charge in [-0.15, -0.1) is 0 Å². The molecule has 3 heterocycles. The minimum Gasteiger partial charge on any atom is -0.354 e. The van der Waals surface area contributed by atoms with E-state index in [0.717, 1.165) is 59.0 Å². The Morgan fingerprint density at radius 2 is 1.90 bits per heavy atom. The van der Waals surface area contributed by atoms with Crippen LogP contribution >= 0.6 is 0 Å². The van der Waals surface area contributed by atoms with Gasteiger partial charge in [0.15, 0.2) is 0 Å². The first-order valence-electron chi connectivity index (χ1n) is 9.87. The van der Waals surface area contributed by atoms with Crippen LogP contribution in [0.4, 0.5) is 10.1 Å². The lowest BCUT2D eigenvalue weighted by atomic mass is 10.0. The number of rotatable bonds is 5. The predicted octanol–water partition coefficient (Wildman–Crippen LogP) is 2.98. The first kappa shape index (κ1) is 17.8. The second kappa shape index (κ2) is 7.29. The summed E-state index contributed by atoms with van der Waals surface area (Å²) in [6, 6.07) is 12.9. The van der Waals surface area contributed by atoms with Gasteiger partial charge in [0.1, 0.15) is 5.82 Å². The summed E-state index contributed by atoms with van der Waals surface area (Å²) < 4.78 is 15.2. The largest absolute Gasteiger partial charge is 0.354 e. The fourth-order valence-electron chi connectivity index (χ4n) is 3.89. The third-order valence-electron chi connectivity index (χ3n) is 5.53. The molecule has 0 unspecified atom stereocenters. The van der Waals surface area contributed by atoms with E-state index in [0.29, 0.717) is 11.7 Å². The molecule has 0 spiro atoms. The van der Waals surface area contributed by atoms with Gasteiger partial charge in [0.2, 0.25) is 0 Å². The molecule has 3 aromatic rings. The van der Waals surface area contributed by atoms with E-state index in [2.05, 4.69) is 50.3 Å². The Hall–Kier alpha value is -3.25. The predicted molar refractivity (Wildman–Crippen MR) is 112 cm³/mol. The molecule has 2 aromatic carbocycles. The van der Waals surface area contributed by atoms with Crippen LogP contribution in [0.3, 0.4) is 0 Å². The van der Waals surface area contributed by atoms with Crippen molar-refractivity contribution in [1.29, 1.82) is 0 Å². The Morgan fingerprint density at radius 1 is 1.10 bits per heavy atom. The molecule has 5 nitrogen and oxygen atoms in total. The molecule has 2 aliphatic rings. The summed E-state index contributed by atoms with van der Waals surface area (Å²) in [5.41, 5.74) is 4.54. The van der Waals surface area contributed by atoms with E-state index >= 15 is 0 Å². The highest BCUT2D eigenvalue weighted by Gasteiger charge is 2.17. The van der Waals surface area contributed by atoms with Crippen LogP contribution in [0.2, 0.25) is 0 Å². The normalized spacial score (nSPS) is 16.0. The zero-order valence-corrected chi connectivity index (χ0v) is 16.0. The van der Waals surface area contributed by atoms with Gasteiger partial charge in [-0.2, -0.15) is 5.10 Å². The molecule has 0 radical (unpaired) electrons. The highest BCUT2D eigenvalue weighted by molar-refractivity contribution is 5.73. The lowest BCUT2D eigenvalue weighted by molar-refractivity contribution is 0.343. The van der Waals surface area contributed by atoms with E-state index in [1.54, 1.807) is 12.1 Å². The van der Waals surface area contributed by atoms with Crippen molar-refractivity contribution in [3.8, 4) is 11.1 Å². The number of nitrogens with one attached hydrogen (secondary N) is 2. The van der Waals surface area contributed by atoms with Crippen molar-refractivity contribution in [3.63, 3.8) is 0 Å². The van der Waals surface area contributed by atoms with Crippen LogP contribution in [0, 0.1) is 5.82 Å². The van der Waals surface area contributed by atoms with Crippen LogP contribution in [0.15, 0.2) is 72.1 Å². The van der Waals surface area contributed by atoms with Gasteiger partial charge >= 0.3 is 0 Å². The first-order valence-corrected chi connectivity index (χ1v) is 9.87. The highest BCUT2D eigenvalue weighted by atomic mass is 19.1. The van der Waals surface area contributed by atoms with Crippen LogP contribution in [0.25, 0.3) is 16.8 Å². The molecule has 1 saturated heterocycles. The van der Waals surface area contributed by atoms with Gasteiger partial charge in [0, 0.05) is 22.7 Å². The van der Waals surface area contributed by atoms with Gasteiger partial charge in [0.05, 0.1) is 29.0 Å². The highest BCUT2D eigenvalue weighted by Crippen LogP contribution is 2.23. The molecular formula is C23H22FN5. The Balaban J connectivity index is 1.40. The number of hydrogen-bond donors (Lipinski definition) is 2. The zero-order valence-electron chi connectivity index (χ0n) is 16.0. The summed E-state index contributed by atoms with van der Waals surface area (Å²) in [6.45, 7) is 6.19.